The van der Waals surface area contributed by atoms with Gasteiger partial charge in [0.2, 0.25) is 0 Å². The van der Waals surface area contributed by atoms with Crippen LogP contribution in [0, 0.1) is 0 Å². The first-order valence-corrected chi connectivity index (χ1v) is 12.2. The zero-order valence-electron chi connectivity index (χ0n) is 20.2. The lowest BCUT2D eigenvalue weighted by atomic mass is 10.0. The quantitative estimate of drug-likeness (QED) is 0.235. The normalized spacial score (nSPS) is 14.0. The number of aromatic nitrogens is 3. The molecule has 5 N–H and O–H groups in total. The molecule has 3 amide bonds. The fourth-order valence-corrected chi connectivity index (χ4v) is 4.88. The number of pyridine rings is 1. The molecule has 0 atom stereocenters. The molecule has 0 radical (unpaired) electrons. The topological polar surface area (TPSA) is 144 Å². The Morgan fingerprint density at radius 3 is 2.53 bits per heavy atom. The van der Waals surface area contributed by atoms with Gasteiger partial charge in [-0.2, -0.15) is 5.10 Å². The van der Waals surface area contributed by atoms with Gasteiger partial charge in [-0.05, 0) is 24.3 Å². The van der Waals surface area contributed by atoms with Crippen molar-refractivity contribution in [1.29, 1.82) is 0 Å². The SMILES string of the molecule is O=C(NNC(=O)c1cccnc1)Nc1cccc2c1C(=O)c1c(-c3ccccc3N3CCNCC3)n[nH]c1-2. The van der Waals surface area contributed by atoms with E-state index in [4.69, 9.17) is 0 Å². The summed E-state index contributed by atoms with van der Waals surface area (Å²) in [5.74, 6) is -0.749. The van der Waals surface area contributed by atoms with Gasteiger partial charge in [0.05, 0.1) is 28.1 Å². The number of piperazine rings is 1. The predicted octanol–water partition coefficient (Wildman–Crippen LogP) is 2.56. The van der Waals surface area contributed by atoms with Crippen LogP contribution in [0.4, 0.5) is 16.2 Å². The Kier molecular flexibility index (Phi) is 6.02. The summed E-state index contributed by atoms with van der Waals surface area (Å²) in [6.07, 6.45) is 2.93. The number of carbonyl (C=O) groups excluding carboxylic acids is 3. The summed E-state index contributed by atoms with van der Waals surface area (Å²) >= 11 is 0. The number of hydrogen-bond donors (Lipinski definition) is 5. The number of H-pyrrole nitrogens is 1. The van der Waals surface area contributed by atoms with Gasteiger partial charge in [-0.3, -0.25) is 25.1 Å². The third-order valence-electron chi connectivity index (χ3n) is 6.63. The molecule has 190 valence electrons. The number of ketones is 1. The molecular formula is C27H24N8O3. The molecule has 6 rings (SSSR count). The summed E-state index contributed by atoms with van der Waals surface area (Å²) in [4.78, 5) is 44.7. The average Bonchev–Trinajstić information content (AvgIpc) is 3.52. The van der Waals surface area contributed by atoms with Crippen LogP contribution in [0.25, 0.3) is 22.5 Å². The van der Waals surface area contributed by atoms with Crippen LogP contribution in [0.3, 0.4) is 0 Å². The van der Waals surface area contributed by atoms with Crippen molar-refractivity contribution in [2.24, 2.45) is 0 Å². The number of rotatable bonds is 4. The number of carbonyl (C=O) groups is 3. The Hall–Kier alpha value is -5.03. The Morgan fingerprint density at radius 1 is 0.895 bits per heavy atom. The van der Waals surface area contributed by atoms with Crippen molar-refractivity contribution in [2.45, 2.75) is 0 Å². The van der Waals surface area contributed by atoms with E-state index in [0.717, 1.165) is 37.4 Å². The number of fused-ring (bicyclic) bond motifs is 3. The van der Waals surface area contributed by atoms with Gasteiger partial charge in [0.15, 0.2) is 5.78 Å². The number of aromatic amines is 1. The van der Waals surface area contributed by atoms with E-state index in [-0.39, 0.29) is 5.78 Å². The fourth-order valence-electron chi connectivity index (χ4n) is 4.88. The molecule has 4 aromatic rings. The summed E-state index contributed by atoms with van der Waals surface area (Å²) in [6.45, 7) is 3.49. The van der Waals surface area contributed by atoms with Crippen molar-refractivity contribution in [3.05, 3.63) is 83.7 Å². The molecule has 1 saturated heterocycles. The van der Waals surface area contributed by atoms with E-state index in [1.165, 1.54) is 6.20 Å². The Morgan fingerprint density at radius 2 is 1.71 bits per heavy atom. The second kappa shape index (κ2) is 9.79. The molecule has 0 spiro atoms. The van der Waals surface area contributed by atoms with Crippen LogP contribution >= 0.6 is 0 Å². The molecule has 38 heavy (non-hydrogen) atoms. The third-order valence-corrected chi connectivity index (χ3v) is 6.63. The minimum atomic E-state index is -0.693. The highest BCUT2D eigenvalue weighted by atomic mass is 16.2. The van der Waals surface area contributed by atoms with E-state index >= 15 is 0 Å². The maximum Gasteiger partial charge on any atom is 0.337 e. The fraction of sp³-hybridized carbons (Fsp3) is 0.148. The molecule has 2 aliphatic rings. The number of urea groups is 1. The van der Waals surface area contributed by atoms with Gasteiger partial charge in [-0.25, -0.2) is 10.2 Å². The van der Waals surface area contributed by atoms with Gasteiger partial charge in [-0.15, -0.1) is 0 Å². The van der Waals surface area contributed by atoms with Crippen molar-refractivity contribution < 1.29 is 14.4 Å². The molecule has 11 heteroatoms. The Labute approximate surface area is 217 Å². The smallest absolute Gasteiger partial charge is 0.337 e. The molecule has 1 aliphatic carbocycles. The van der Waals surface area contributed by atoms with Crippen molar-refractivity contribution in [1.82, 2.24) is 31.3 Å². The molecule has 2 aromatic carbocycles. The number of nitrogens with one attached hydrogen (secondary N) is 5. The zero-order chi connectivity index (χ0) is 26.1. The van der Waals surface area contributed by atoms with Crippen LogP contribution in [-0.2, 0) is 0 Å². The lowest BCUT2D eigenvalue weighted by Gasteiger charge is -2.31. The molecule has 2 aromatic heterocycles. The van der Waals surface area contributed by atoms with Gasteiger partial charge in [0.1, 0.15) is 5.69 Å². The number of anilines is 2. The second-order valence-corrected chi connectivity index (χ2v) is 8.91. The van der Waals surface area contributed by atoms with Crippen LogP contribution in [0.5, 0.6) is 0 Å². The van der Waals surface area contributed by atoms with Crippen molar-refractivity contribution >= 4 is 29.1 Å². The Bertz CT molecular complexity index is 1540. The van der Waals surface area contributed by atoms with Gasteiger partial charge < -0.3 is 15.5 Å². The molecule has 1 fully saturated rings. The van der Waals surface area contributed by atoms with E-state index < -0.39 is 11.9 Å². The number of benzene rings is 2. The predicted molar refractivity (Wildman–Crippen MR) is 142 cm³/mol. The number of para-hydroxylation sites is 1. The lowest BCUT2D eigenvalue weighted by molar-refractivity contribution is 0.0937. The summed E-state index contributed by atoms with van der Waals surface area (Å²) in [5, 5.41) is 13.6. The number of hydrazine groups is 1. The maximum atomic E-state index is 13.8. The first-order valence-electron chi connectivity index (χ1n) is 12.2. The van der Waals surface area contributed by atoms with Gasteiger partial charge in [0, 0.05) is 55.4 Å². The number of hydrogen-bond acceptors (Lipinski definition) is 7. The highest BCUT2D eigenvalue weighted by Crippen LogP contribution is 2.44. The van der Waals surface area contributed by atoms with Crippen molar-refractivity contribution in [2.75, 3.05) is 36.4 Å². The average molecular weight is 509 g/mol. The van der Waals surface area contributed by atoms with Crippen molar-refractivity contribution in [3.8, 4) is 22.5 Å². The lowest BCUT2D eigenvalue weighted by Crippen LogP contribution is -2.44. The summed E-state index contributed by atoms with van der Waals surface area (Å²) in [5.41, 5.74) is 9.84. The van der Waals surface area contributed by atoms with E-state index in [9.17, 15) is 14.4 Å². The molecule has 1 aliphatic heterocycles. The highest BCUT2D eigenvalue weighted by Gasteiger charge is 2.35. The zero-order valence-corrected chi connectivity index (χ0v) is 20.2. The summed E-state index contributed by atoms with van der Waals surface area (Å²) < 4.78 is 0. The van der Waals surface area contributed by atoms with Crippen LogP contribution < -0.4 is 26.4 Å². The van der Waals surface area contributed by atoms with Crippen LogP contribution in [0.1, 0.15) is 26.3 Å². The minimum Gasteiger partial charge on any atom is -0.368 e. The molecule has 0 unspecified atom stereocenters. The largest absolute Gasteiger partial charge is 0.368 e. The summed E-state index contributed by atoms with van der Waals surface area (Å²) in [6, 6.07) is 15.7. The monoisotopic (exact) mass is 508 g/mol. The first-order chi connectivity index (χ1) is 18.6. The minimum absolute atomic E-state index is 0.232. The standard InChI is InChI=1S/C27H24N8O3/c36-25-21-18(7-3-8-19(21)30-27(38)34-33-26(37)16-5-4-10-29-15-16)24-22(25)23(31-32-24)17-6-1-2-9-20(17)35-13-11-28-12-14-35/h1-10,15,28H,11-14H2,(H,31,32)(H,33,37)(H2,30,34,38). The van der Waals surface area contributed by atoms with E-state index in [1.54, 1.807) is 30.5 Å². The summed E-state index contributed by atoms with van der Waals surface area (Å²) in [7, 11) is 0. The van der Waals surface area contributed by atoms with Crippen LogP contribution in [0.15, 0.2) is 67.0 Å². The van der Waals surface area contributed by atoms with E-state index in [1.807, 2.05) is 30.3 Å². The van der Waals surface area contributed by atoms with Gasteiger partial charge >= 0.3 is 6.03 Å². The van der Waals surface area contributed by atoms with Gasteiger partial charge in [-0.1, -0.05) is 30.3 Å². The third kappa shape index (κ3) is 4.14. The van der Waals surface area contributed by atoms with E-state index in [0.29, 0.717) is 39.3 Å². The highest BCUT2D eigenvalue weighted by molar-refractivity contribution is 6.27. The maximum absolute atomic E-state index is 13.8. The molecule has 11 nitrogen and oxygen atoms in total. The first kappa shape index (κ1) is 23.4. The van der Waals surface area contributed by atoms with Gasteiger partial charge in [0.25, 0.3) is 5.91 Å². The molecule has 0 bridgehead atoms. The van der Waals surface area contributed by atoms with E-state index in [2.05, 4.69) is 41.6 Å². The van der Waals surface area contributed by atoms with Crippen molar-refractivity contribution in [3.63, 3.8) is 0 Å². The molecule has 0 saturated carbocycles. The number of nitrogens with zero attached hydrogens (tertiary/aromatic N) is 3. The Balaban J connectivity index is 1.25. The number of amides is 3. The molecular weight excluding hydrogens is 484 g/mol. The van der Waals surface area contributed by atoms with Crippen LogP contribution in [0.2, 0.25) is 0 Å². The van der Waals surface area contributed by atoms with Crippen LogP contribution in [-0.4, -0.2) is 59.1 Å². The molecule has 3 heterocycles. The second-order valence-electron chi connectivity index (χ2n) is 8.91.